The molecule has 2 aromatic rings. The van der Waals surface area contributed by atoms with Crippen molar-refractivity contribution < 1.29 is 9.53 Å². The number of ether oxygens (including phenoxy) is 1. The molecule has 3 rings (SSSR count). The summed E-state index contributed by atoms with van der Waals surface area (Å²) in [6.45, 7) is 0.442. The van der Waals surface area contributed by atoms with Crippen LogP contribution < -0.4 is 10.1 Å². The van der Waals surface area contributed by atoms with E-state index in [-0.39, 0.29) is 11.8 Å². The van der Waals surface area contributed by atoms with E-state index >= 15 is 0 Å². The van der Waals surface area contributed by atoms with Crippen molar-refractivity contribution in [3.05, 3.63) is 48.4 Å². The third kappa shape index (κ3) is 4.38. The number of terminal acetylenes is 1. The molecule has 0 fully saturated rings. The van der Waals surface area contributed by atoms with Gasteiger partial charge in [0.1, 0.15) is 11.3 Å². The summed E-state index contributed by atoms with van der Waals surface area (Å²) < 4.78 is 5.65. The molecular formula is C18H17N5O2. The fourth-order valence-electron chi connectivity index (χ4n) is 2.30. The number of carbonyl (C=O) groups excluding carboxylic acids is 1. The molecule has 0 spiro atoms. The fraction of sp³-hybridized carbons (Fsp3) is 0.278. The Labute approximate surface area is 145 Å². The first-order valence-electron chi connectivity index (χ1n) is 7.91. The molecular weight excluding hydrogens is 318 g/mol. The van der Waals surface area contributed by atoms with Crippen LogP contribution in [0.25, 0.3) is 0 Å². The van der Waals surface area contributed by atoms with E-state index in [1.807, 2.05) is 0 Å². The van der Waals surface area contributed by atoms with E-state index in [1.54, 1.807) is 42.9 Å². The molecule has 0 saturated carbocycles. The van der Waals surface area contributed by atoms with Crippen LogP contribution in [-0.2, 0) is 0 Å². The summed E-state index contributed by atoms with van der Waals surface area (Å²) in [6.07, 6.45) is 12.0. The van der Waals surface area contributed by atoms with Crippen molar-refractivity contribution in [1.82, 2.24) is 15.3 Å². The van der Waals surface area contributed by atoms with Gasteiger partial charge in [0.05, 0.1) is 6.20 Å². The number of carbonyl (C=O) groups is 1. The minimum Gasteiger partial charge on any atom is -0.437 e. The number of hydrogen-bond donors (Lipinski definition) is 1. The van der Waals surface area contributed by atoms with Crippen LogP contribution in [0.5, 0.6) is 11.6 Å². The minimum absolute atomic E-state index is 0.232. The van der Waals surface area contributed by atoms with Crippen LogP contribution in [0.3, 0.4) is 0 Å². The molecule has 0 unspecified atom stereocenters. The lowest BCUT2D eigenvalue weighted by Crippen LogP contribution is -2.28. The summed E-state index contributed by atoms with van der Waals surface area (Å²) in [7, 11) is 0. The molecule has 1 aliphatic rings. The van der Waals surface area contributed by atoms with E-state index in [9.17, 15) is 4.79 Å². The van der Waals surface area contributed by atoms with Crippen molar-refractivity contribution in [2.75, 3.05) is 6.54 Å². The molecule has 3 heterocycles. The molecule has 0 atom stereocenters. The van der Waals surface area contributed by atoms with Gasteiger partial charge in [0.25, 0.3) is 5.91 Å². The molecule has 0 aromatic carbocycles. The van der Waals surface area contributed by atoms with Crippen molar-refractivity contribution in [3.8, 4) is 24.0 Å². The Hall–Kier alpha value is -3.27. The first kappa shape index (κ1) is 16.6. The van der Waals surface area contributed by atoms with Gasteiger partial charge < -0.3 is 10.1 Å². The van der Waals surface area contributed by atoms with E-state index < -0.39 is 5.66 Å². The van der Waals surface area contributed by atoms with Crippen molar-refractivity contribution in [2.24, 2.45) is 10.2 Å². The Morgan fingerprint density at radius 1 is 1.24 bits per heavy atom. The van der Waals surface area contributed by atoms with Gasteiger partial charge in [0, 0.05) is 38.2 Å². The summed E-state index contributed by atoms with van der Waals surface area (Å²) in [5.41, 5.74) is -0.0578. The molecule has 7 nitrogen and oxygen atoms in total. The van der Waals surface area contributed by atoms with Crippen LogP contribution in [0.2, 0.25) is 0 Å². The van der Waals surface area contributed by atoms with Crippen molar-refractivity contribution in [2.45, 2.75) is 24.9 Å². The van der Waals surface area contributed by atoms with Gasteiger partial charge in [-0.3, -0.25) is 9.78 Å². The lowest BCUT2D eigenvalue weighted by Gasteiger charge is -2.12. The van der Waals surface area contributed by atoms with Gasteiger partial charge in [-0.15, -0.1) is 12.3 Å². The average molecular weight is 335 g/mol. The van der Waals surface area contributed by atoms with Gasteiger partial charge in [-0.05, 0) is 24.3 Å². The highest BCUT2D eigenvalue weighted by atomic mass is 16.5. The van der Waals surface area contributed by atoms with E-state index in [0.29, 0.717) is 37.1 Å². The Bertz CT molecular complexity index is 808. The monoisotopic (exact) mass is 335 g/mol. The Balaban J connectivity index is 1.58. The zero-order valence-corrected chi connectivity index (χ0v) is 13.6. The Morgan fingerprint density at radius 2 is 2.08 bits per heavy atom. The molecule has 1 N–H and O–H groups in total. The van der Waals surface area contributed by atoms with Gasteiger partial charge in [-0.2, -0.15) is 10.2 Å². The van der Waals surface area contributed by atoms with Crippen LogP contribution >= 0.6 is 0 Å². The molecule has 0 radical (unpaired) electrons. The quantitative estimate of drug-likeness (QED) is 0.751. The van der Waals surface area contributed by atoms with Gasteiger partial charge in [0.2, 0.25) is 5.88 Å². The molecule has 0 aliphatic carbocycles. The summed E-state index contributed by atoms with van der Waals surface area (Å²) in [5.74, 6) is 3.06. The predicted octanol–water partition coefficient (Wildman–Crippen LogP) is 2.96. The molecule has 0 saturated heterocycles. The van der Waals surface area contributed by atoms with Crippen LogP contribution in [-0.4, -0.2) is 28.1 Å². The van der Waals surface area contributed by atoms with Gasteiger partial charge in [-0.25, -0.2) is 4.98 Å². The largest absolute Gasteiger partial charge is 0.437 e. The first-order chi connectivity index (χ1) is 12.2. The maximum absolute atomic E-state index is 12.4. The number of nitrogens with zero attached hydrogens (tertiary/aromatic N) is 4. The lowest BCUT2D eigenvalue weighted by molar-refractivity contribution is 0.0949. The molecule has 7 heteroatoms. The zero-order chi connectivity index (χ0) is 17.5. The van der Waals surface area contributed by atoms with E-state index in [0.717, 1.165) is 0 Å². The SMILES string of the molecule is C#CCCC1(CCNC(=O)c2cccnc2Oc2cccnc2)N=N1. The maximum Gasteiger partial charge on any atom is 0.256 e. The number of hydrogen-bond acceptors (Lipinski definition) is 6. The number of nitrogens with one attached hydrogen (secondary N) is 1. The molecule has 2 aromatic heterocycles. The second-order valence-electron chi connectivity index (χ2n) is 5.54. The lowest BCUT2D eigenvalue weighted by atomic mass is 10.0. The van der Waals surface area contributed by atoms with E-state index in [4.69, 9.17) is 11.2 Å². The van der Waals surface area contributed by atoms with Crippen LogP contribution in [0.15, 0.2) is 53.1 Å². The number of aromatic nitrogens is 2. The molecule has 1 aliphatic heterocycles. The summed E-state index contributed by atoms with van der Waals surface area (Å²) in [6, 6.07) is 6.84. The second kappa shape index (κ2) is 7.53. The molecule has 0 bridgehead atoms. The van der Waals surface area contributed by atoms with Crippen molar-refractivity contribution in [1.29, 1.82) is 0 Å². The second-order valence-corrected chi connectivity index (χ2v) is 5.54. The van der Waals surface area contributed by atoms with Gasteiger partial charge in [-0.1, -0.05) is 0 Å². The third-order valence-electron chi connectivity index (χ3n) is 3.73. The predicted molar refractivity (Wildman–Crippen MR) is 91.2 cm³/mol. The highest BCUT2D eigenvalue weighted by Gasteiger charge is 2.38. The number of rotatable bonds is 8. The smallest absolute Gasteiger partial charge is 0.256 e. The Morgan fingerprint density at radius 3 is 2.80 bits per heavy atom. The van der Waals surface area contributed by atoms with E-state index in [1.165, 1.54) is 0 Å². The van der Waals surface area contributed by atoms with Crippen LogP contribution in [0, 0.1) is 12.3 Å². The Kier molecular flexibility index (Phi) is 5.00. The fourth-order valence-corrected chi connectivity index (χ4v) is 2.30. The summed E-state index contributed by atoms with van der Waals surface area (Å²) >= 11 is 0. The average Bonchev–Trinajstić information content (AvgIpc) is 3.41. The summed E-state index contributed by atoms with van der Waals surface area (Å²) in [4.78, 5) is 20.5. The van der Waals surface area contributed by atoms with Crippen molar-refractivity contribution >= 4 is 5.91 Å². The number of pyridine rings is 2. The van der Waals surface area contributed by atoms with Crippen molar-refractivity contribution in [3.63, 3.8) is 0 Å². The van der Waals surface area contributed by atoms with Gasteiger partial charge >= 0.3 is 0 Å². The molecule has 1 amide bonds. The highest BCUT2D eigenvalue weighted by Crippen LogP contribution is 2.36. The van der Waals surface area contributed by atoms with Crippen LogP contribution in [0.4, 0.5) is 0 Å². The normalized spacial score (nSPS) is 13.7. The number of amides is 1. The maximum atomic E-state index is 12.4. The highest BCUT2D eigenvalue weighted by molar-refractivity contribution is 5.96. The summed E-state index contributed by atoms with van der Waals surface area (Å²) in [5, 5.41) is 10.9. The van der Waals surface area contributed by atoms with E-state index in [2.05, 4.69) is 31.4 Å². The third-order valence-corrected chi connectivity index (χ3v) is 3.73. The topological polar surface area (TPSA) is 88.8 Å². The van der Waals surface area contributed by atoms with Gasteiger partial charge in [0.15, 0.2) is 5.66 Å². The van der Waals surface area contributed by atoms with Crippen LogP contribution in [0.1, 0.15) is 29.6 Å². The molecule has 126 valence electrons. The minimum atomic E-state index is -0.413. The first-order valence-corrected chi connectivity index (χ1v) is 7.91. The zero-order valence-electron chi connectivity index (χ0n) is 13.6. The standard InChI is InChI=1S/C18H17N5O2/c1-2-3-8-18(22-23-18)9-12-20-16(24)15-7-5-11-21-17(15)25-14-6-4-10-19-13-14/h1,4-7,10-11,13H,3,8-9,12H2,(H,20,24). The molecule has 25 heavy (non-hydrogen) atoms.